The molecule has 82 heavy (non-hydrogen) atoms. The third-order valence-corrected chi connectivity index (χ3v) is 15.5. The van der Waals surface area contributed by atoms with E-state index in [1.54, 1.807) is 6.92 Å². The number of hydrogen-bond donors (Lipinski definition) is 16. The number of ketones is 1. The molecule has 3 fully saturated rings. The van der Waals surface area contributed by atoms with Gasteiger partial charge in [0.15, 0.2) is 5.78 Å². The minimum Gasteiger partial charge on any atom is -0.508 e. The van der Waals surface area contributed by atoms with Gasteiger partial charge in [-0.2, -0.15) is 0 Å². The summed E-state index contributed by atoms with van der Waals surface area (Å²) in [7, 11) is 0. The number of aromatic hydroxyl groups is 1. The number of carboxylic acids is 1. The van der Waals surface area contributed by atoms with Gasteiger partial charge in [0, 0.05) is 58.3 Å². The van der Waals surface area contributed by atoms with Crippen LogP contribution in [0, 0.1) is 17.8 Å². The number of aliphatic hydroxyl groups excluding tert-OH is 7. The number of unbranched alkanes of at least 4 members (excludes halogenated alkanes) is 5. The number of hydrogen-bond acceptors (Lipinski definition) is 19. The lowest BCUT2D eigenvalue weighted by Gasteiger charge is -2.34. The number of nitrogens with one attached hydrogen (secondary N) is 5. The van der Waals surface area contributed by atoms with Gasteiger partial charge in [-0.15, -0.1) is 0 Å². The van der Waals surface area contributed by atoms with Crippen molar-refractivity contribution in [3.05, 3.63) is 29.8 Å². The zero-order chi connectivity index (χ0) is 61.4. The molecule has 26 heteroatoms. The van der Waals surface area contributed by atoms with Crippen LogP contribution in [0.4, 0.5) is 0 Å². The van der Waals surface area contributed by atoms with E-state index >= 15 is 0 Å². The van der Waals surface area contributed by atoms with Gasteiger partial charge in [-0.25, -0.2) is 0 Å². The quantitative estimate of drug-likeness (QED) is 0.0511. The predicted molar refractivity (Wildman–Crippen MR) is 299 cm³/mol. The summed E-state index contributed by atoms with van der Waals surface area (Å²) in [5.74, 6) is -8.68. The molecule has 3 aliphatic heterocycles. The Balaban J connectivity index is 0.00000337. The number of carbonyl (C=O) groups is 8. The monoisotopic (exact) mass is 1170 g/mol. The Labute approximate surface area is 480 Å². The van der Waals surface area contributed by atoms with Gasteiger partial charge in [0.1, 0.15) is 42.2 Å². The summed E-state index contributed by atoms with van der Waals surface area (Å²) in [6.07, 6.45) is -7.26. The van der Waals surface area contributed by atoms with Crippen LogP contribution in [0.2, 0.25) is 0 Å². The van der Waals surface area contributed by atoms with Gasteiger partial charge in [-0.3, -0.25) is 43.7 Å². The Kier molecular flexibility index (Phi) is 30.8. The average Bonchev–Trinajstić information content (AvgIpc) is 4.23. The van der Waals surface area contributed by atoms with Crippen molar-refractivity contribution < 1.29 is 84.3 Å². The maximum Gasteiger partial charge on any atom is 0.303 e. The van der Waals surface area contributed by atoms with Crippen LogP contribution in [0.5, 0.6) is 5.75 Å². The highest BCUT2D eigenvalue weighted by molar-refractivity contribution is 5.98. The molecule has 0 radical (unpaired) electrons. The predicted octanol–water partition coefficient (Wildman–Crippen LogP) is -1.74. The van der Waals surface area contributed by atoms with Gasteiger partial charge in [0.25, 0.3) is 0 Å². The van der Waals surface area contributed by atoms with E-state index < -0.39 is 158 Å². The first-order valence-corrected chi connectivity index (χ1v) is 29.0. The van der Waals surface area contributed by atoms with Crippen molar-refractivity contribution in [2.45, 2.75) is 216 Å². The number of phenols is 1. The first-order valence-electron chi connectivity index (χ1n) is 29.0. The fraction of sp³-hybridized carbons (Fsp3) is 0.750. The lowest BCUT2D eigenvalue weighted by atomic mass is 9.86. The molecular weight excluding hydrogens is 1070 g/mol. The summed E-state index contributed by atoms with van der Waals surface area (Å²) in [6.45, 7) is 8.44. The molecular formula is C56H95N9O17. The molecule has 3 heterocycles. The summed E-state index contributed by atoms with van der Waals surface area (Å²) < 4.78 is 0. The van der Waals surface area contributed by atoms with Gasteiger partial charge in [-0.1, -0.05) is 84.8 Å². The highest BCUT2D eigenvalue weighted by Crippen LogP contribution is 2.30. The van der Waals surface area contributed by atoms with E-state index in [0.717, 1.165) is 54.7 Å². The number of aliphatic hydroxyl groups is 7. The molecule has 6 amide bonds. The van der Waals surface area contributed by atoms with E-state index in [1.165, 1.54) is 37.6 Å². The molecule has 0 saturated carbocycles. The van der Waals surface area contributed by atoms with Crippen molar-refractivity contribution in [1.82, 2.24) is 36.4 Å². The lowest BCUT2D eigenvalue weighted by molar-refractivity contribution is -0.149. The van der Waals surface area contributed by atoms with Crippen molar-refractivity contribution >= 4 is 47.2 Å². The second kappa shape index (κ2) is 35.7. The molecule has 3 saturated heterocycles. The first-order chi connectivity index (χ1) is 38.8. The van der Waals surface area contributed by atoms with Crippen molar-refractivity contribution in [3.8, 4) is 5.75 Å². The Bertz CT molecular complexity index is 2200. The Morgan fingerprint density at radius 2 is 1.35 bits per heavy atom. The number of fused-ring (bicyclic) bond motifs is 2. The van der Waals surface area contributed by atoms with Crippen molar-refractivity contribution in [2.24, 2.45) is 29.2 Å². The first kappa shape index (κ1) is 70.8. The maximum atomic E-state index is 14.6. The van der Waals surface area contributed by atoms with Gasteiger partial charge >= 0.3 is 5.97 Å². The van der Waals surface area contributed by atoms with Crippen LogP contribution in [-0.2, 0) is 38.4 Å². The summed E-state index contributed by atoms with van der Waals surface area (Å²) in [6, 6.07) is -3.86. The van der Waals surface area contributed by atoms with Crippen molar-refractivity contribution in [3.63, 3.8) is 0 Å². The van der Waals surface area contributed by atoms with Gasteiger partial charge in [-0.05, 0) is 68.7 Å². The molecule has 4 rings (SSSR count). The summed E-state index contributed by atoms with van der Waals surface area (Å²) in [5, 5.41) is 110. The molecule has 2 unspecified atom stereocenters. The number of benzene rings is 1. The summed E-state index contributed by atoms with van der Waals surface area (Å²) in [4.78, 5) is 112. The molecule has 0 aromatic heterocycles. The average molecular weight is 1170 g/mol. The van der Waals surface area contributed by atoms with E-state index in [1.807, 2.05) is 0 Å². The number of aliphatic carboxylic acids is 1. The number of nitrogens with two attached hydrogens (primary N) is 2. The zero-order valence-corrected chi connectivity index (χ0v) is 48.2. The Morgan fingerprint density at radius 1 is 0.744 bits per heavy atom. The molecule has 0 bridgehead atoms. The number of Topliss-reactive ketones (excluding diaryl/α,β-unsaturated/α-hetero) is 1. The van der Waals surface area contributed by atoms with Crippen LogP contribution in [0.1, 0.15) is 149 Å². The van der Waals surface area contributed by atoms with E-state index in [-0.39, 0.29) is 63.2 Å². The molecule has 466 valence electrons. The molecule has 3 aliphatic rings. The van der Waals surface area contributed by atoms with Crippen molar-refractivity contribution in [1.29, 1.82) is 0 Å². The van der Waals surface area contributed by atoms with Crippen LogP contribution in [0.3, 0.4) is 0 Å². The Hall–Kier alpha value is -5.42. The summed E-state index contributed by atoms with van der Waals surface area (Å²) >= 11 is 0. The highest BCUT2D eigenvalue weighted by Gasteiger charge is 2.49. The number of rotatable bonds is 24. The molecule has 16 atom stereocenters. The second-order valence-corrected chi connectivity index (χ2v) is 22.3. The fourth-order valence-corrected chi connectivity index (χ4v) is 10.5. The third kappa shape index (κ3) is 22.0. The lowest BCUT2D eigenvalue weighted by Crippen LogP contribution is -2.63. The van der Waals surface area contributed by atoms with Crippen LogP contribution in [0.25, 0.3) is 0 Å². The maximum absolute atomic E-state index is 14.6. The zero-order valence-electron chi connectivity index (χ0n) is 48.2. The molecule has 26 nitrogen and oxygen atoms in total. The SMILES string of the molecule is CCC(=O)O.CCC(C)CC(C)CCCCCCCCC(=O)N[C@H]1C[C@@H](O)[C@@H](NCCN)NC(=O)[C@@H]2[C@@H](O)CCN2C(=O)[C@H]([C@H](O)CCN)NC(=O)[C@H]([C@H](O)[C@@H](O)c2ccc(O)cc2)CC(=O)[C@@H]2C[C@@H](O)CN2C(=O)[C@H]([C@@H](C)O)NC1=O. The third-order valence-electron chi connectivity index (χ3n) is 15.5. The van der Waals surface area contributed by atoms with Crippen LogP contribution >= 0.6 is 0 Å². The van der Waals surface area contributed by atoms with Gasteiger partial charge in [0.05, 0.1) is 48.6 Å². The second-order valence-electron chi connectivity index (χ2n) is 22.3. The summed E-state index contributed by atoms with van der Waals surface area (Å²) in [5.41, 5.74) is 11.5. The van der Waals surface area contributed by atoms with Gasteiger partial charge in [0.2, 0.25) is 35.4 Å². The minimum absolute atomic E-state index is 0.0188. The number of amides is 6. The standard InChI is InChI=1S/C53H89N9O15.C3H6O2/c1-5-29(2)24-30(3)12-10-8-6-7-9-11-13-42(70)57-36-27-41(69)48(56-22-21-55)60-51(75)45-39(67)19-23-61(45)53(77)44(38(66)18-20-54)59-49(73)35(47(72)46(71)32-14-16-33(64)17-15-32)26-40(68)37-25-34(65)28-62(37)52(76)43(31(4)63)58-50(36)74;1-2-3(4)5/h14-17,29-31,34-39,41,43-48,56,63-67,69,71-72H,5-13,18-28,54-55H2,1-4H3,(H,57,70)(H,58,74)(H,59,73)(H,60,75);2H2,1H3,(H,4,5)/t29?,30?,31-,34-,35+,36+,37+,38-,39+,41-,43+,44+,45+,46+,47+,48+;/m1./s1. The molecule has 18 N–H and O–H groups in total. The highest BCUT2D eigenvalue weighted by atomic mass is 16.4. The smallest absolute Gasteiger partial charge is 0.303 e. The van der Waals surface area contributed by atoms with Crippen LogP contribution in [0.15, 0.2) is 24.3 Å². The van der Waals surface area contributed by atoms with E-state index in [2.05, 4.69) is 47.4 Å². The number of nitrogens with zero attached hydrogens (tertiary/aromatic N) is 2. The van der Waals surface area contributed by atoms with Crippen LogP contribution < -0.4 is 38.1 Å². The molecule has 1 aromatic rings. The number of carbonyl (C=O) groups excluding carboxylic acids is 7. The molecule has 0 spiro atoms. The van der Waals surface area contributed by atoms with E-state index in [0.29, 0.717) is 18.3 Å². The number of carboxylic acid groups (broad SMARTS) is 1. The van der Waals surface area contributed by atoms with Crippen LogP contribution in [-0.4, -0.2) is 209 Å². The van der Waals surface area contributed by atoms with E-state index in [4.69, 9.17) is 16.6 Å². The fourth-order valence-electron chi connectivity index (χ4n) is 10.5. The van der Waals surface area contributed by atoms with Crippen molar-refractivity contribution in [2.75, 3.05) is 32.7 Å². The number of phenolic OH excluding ortho intramolecular Hbond substituents is 1. The topological polar surface area (TPSA) is 437 Å². The van der Waals surface area contributed by atoms with E-state index in [9.17, 15) is 79.2 Å². The van der Waals surface area contributed by atoms with Gasteiger partial charge < -0.3 is 88.5 Å². The molecule has 1 aromatic carbocycles. The minimum atomic E-state index is -2.17. The molecule has 0 aliphatic carbocycles. The Morgan fingerprint density at radius 3 is 1.95 bits per heavy atom. The normalized spacial score (nSPS) is 27.4. The largest absolute Gasteiger partial charge is 0.508 e.